The number of hydrogen-bond donors (Lipinski definition) is 1. The molecular weight excluding hydrogens is 254 g/mol. The number of aryl methyl sites for hydroxylation is 1. The third-order valence-electron chi connectivity index (χ3n) is 3.27. The minimum atomic E-state index is 0.0728. The molecule has 0 saturated heterocycles. The lowest BCUT2D eigenvalue weighted by Crippen LogP contribution is -2.25. The Hall–Kier alpha value is -1.36. The van der Waals surface area contributed by atoms with E-state index in [-0.39, 0.29) is 6.04 Å². The van der Waals surface area contributed by atoms with Crippen LogP contribution in [0.4, 0.5) is 0 Å². The summed E-state index contributed by atoms with van der Waals surface area (Å²) < 4.78 is 16.6. The largest absolute Gasteiger partial charge is 0.459 e. The smallest absolute Gasteiger partial charge is 0.137 e. The predicted octanol–water partition coefficient (Wildman–Crippen LogP) is 3.05. The van der Waals surface area contributed by atoms with Gasteiger partial charge in [-0.25, -0.2) is 0 Å². The van der Waals surface area contributed by atoms with E-state index in [0.29, 0.717) is 19.8 Å². The highest BCUT2D eigenvalue weighted by Gasteiger charge is 2.16. The second-order valence-corrected chi connectivity index (χ2v) is 4.82. The van der Waals surface area contributed by atoms with E-state index in [0.717, 1.165) is 28.8 Å². The summed E-state index contributed by atoms with van der Waals surface area (Å²) in [6, 6.07) is 8.35. The standard InChI is InChI=1S/C16H23NO3/c1-4-17-14(11-19-9-8-18-3)15-10-13-7-5-6-12(2)16(13)20-15/h5-7,10,14,17H,4,8-9,11H2,1-3H3. The Morgan fingerprint density at radius 3 is 2.85 bits per heavy atom. The van der Waals surface area contributed by atoms with Gasteiger partial charge >= 0.3 is 0 Å². The van der Waals surface area contributed by atoms with Crippen LogP contribution in [0.1, 0.15) is 24.3 Å². The number of benzene rings is 1. The van der Waals surface area contributed by atoms with Gasteiger partial charge in [-0.05, 0) is 25.1 Å². The lowest BCUT2D eigenvalue weighted by atomic mass is 10.1. The molecule has 1 aromatic heterocycles. The summed E-state index contributed by atoms with van der Waals surface area (Å²) in [6.07, 6.45) is 0. The van der Waals surface area contributed by atoms with Crippen molar-refractivity contribution in [2.45, 2.75) is 19.9 Å². The van der Waals surface area contributed by atoms with Gasteiger partial charge in [0.2, 0.25) is 0 Å². The van der Waals surface area contributed by atoms with Gasteiger partial charge in [0.15, 0.2) is 0 Å². The highest BCUT2D eigenvalue weighted by molar-refractivity contribution is 5.81. The summed E-state index contributed by atoms with van der Waals surface area (Å²) in [6.45, 7) is 6.79. The van der Waals surface area contributed by atoms with Crippen LogP contribution in [0.3, 0.4) is 0 Å². The molecule has 1 aromatic carbocycles. The zero-order valence-corrected chi connectivity index (χ0v) is 12.4. The maximum atomic E-state index is 6.00. The molecule has 0 fully saturated rings. The average molecular weight is 277 g/mol. The first-order chi connectivity index (χ1) is 9.76. The molecule has 4 nitrogen and oxygen atoms in total. The second kappa shape index (κ2) is 7.43. The Morgan fingerprint density at radius 2 is 2.15 bits per heavy atom. The van der Waals surface area contributed by atoms with Crippen molar-refractivity contribution in [1.29, 1.82) is 0 Å². The van der Waals surface area contributed by atoms with Crippen LogP contribution < -0.4 is 5.32 Å². The van der Waals surface area contributed by atoms with Gasteiger partial charge in [0.05, 0.1) is 25.9 Å². The van der Waals surface area contributed by atoms with E-state index < -0.39 is 0 Å². The molecule has 4 heteroatoms. The van der Waals surface area contributed by atoms with Crippen LogP contribution in [0, 0.1) is 6.92 Å². The van der Waals surface area contributed by atoms with Crippen LogP contribution in [0.2, 0.25) is 0 Å². The molecule has 2 rings (SSSR count). The number of furan rings is 1. The van der Waals surface area contributed by atoms with E-state index in [1.807, 2.05) is 6.07 Å². The SMILES string of the molecule is CCNC(COCCOC)c1cc2cccc(C)c2o1. The molecule has 0 amide bonds. The molecule has 0 radical (unpaired) electrons. The van der Waals surface area contributed by atoms with Crippen molar-refractivity contribution in [3.8, 4) is 0 Å². The number of nitrogens with one attached hydrogen (secondary N) is 1. The van der Waals surface area contributed by atoms with E-state index in [9.17, 15) is 0 Å². The van der Waals surface area contributed by atoms with Crippen LogP contribution in [0.15, 0.2) is 28.7 Å². The maximum absolute atomic E-state index is 6.00. The average Bonchev–Trinajstić information content (AvgIpc) is 2.88. The quantitative estimate of drug-likeness (QED) is 0.753. The first-order valence-corrected chi connectivity index (χ1v) is 7.05. The molecule has 0 aliphatic carbocycles. The molecule has 0 aliphatic rings. The Kier molecular flexibility index (Phi) is 5.59. The van der Waals surface area contributed by atoms with Crippen molar-refractivity contribution in [3.05, 3.63) is 35.6 Å². The van der Waals surface area contributed by atoms with Crippen LogP contribution >= 0.6 is 0 Å². The highest BCUT2D eigenvalue weighted by atomic mass is 16.5. The molecule has 0 aliphatic heterocycles. The third kappa shape index (κ3) is 3.60. The lowest BCUT2D eigenvalue weighted by molar-refractivity contribution is 0.0559. The predicted molar refractivity (Wildman–Crippen MR) is 80.1 cm³/mol. The summed E-state index contributed by atoms with van der Waals surface area (Å²) >= 11 is 0. The van der Waals surface area contributed by atoms with Crippen LogP contribution in [-0.4, -0.2) is 33.5 Å². The van der Waals surface area contributed by atoms with Crippen molar-refractivity contribution in [3.63, 3.8) is 0 Å². The Bertz CT molecular complexity index is 536. The van der Waals surface area contributed by atoms with Crippen molar-refractivity contribution in [1.82, 2.24) is 5.32 Å². The summed E-state index contributed by atoms with van der Waals surface area (Å²) in [7, 11) is 1.67. The Balaban J connectivity index is 2.12. The van der Waals surface area contributed by atoms with E-state index in [2.05, 4.69) is 37.4 Å². The van der Waals surface area contributed by atoms with Crippen molar-refractivity contribution in [2.24, 2.45) is 0 Å². The summed E-state index contributed by atoms with van der Waals surface area (Å²) in [5.41, 5.74) is 2.12. The van der Waals surface area contributed by atoms with Crippen molar-refractivity contribution < 1.29 is 13.9 Å². The number of ether oxygens (including phenoxy) is 2. The normalized spacial score (nSPS) is 12.9. The minimum Gasteiger partial charge on any atom is -0.459 e. The molecular formula is C16H23NO3. The van der Waals surface area contributed by atoms with Gasteiger partial charge in [0, 0.05) is 12.5 Å². The molecule has 1 heterocycles. The highest BCUT2D eigenvalue weighted by Crippen LogP contribution is 2.26. The molecule has 0 saturated carbocycles. The van der Waals surface area contributed by atoms with Gasteiger partial charge in [-0.3, -0.25) is 0 Å². The molecule has 1 atom stereocenters. The number of rotatable bonds is 8. The zero-order chi connectivity index (χ0) is 14.4. The molecule has 1 N–H and O–H groups in total. The molecule has 0 spiro atoms. The summed E-state index contributed by atoms with van der Waals surface area (Å²) in [5.74, 6) is 0.925. The molecule has 2 aromatic rings. The second-order valence-electron chi connectivity index (χ2n) is 4.82. The zero-order valence-electron chi connectivity index (χ0n) is 12.4. The van der Waals surface area contributed by atoms with E-state index in [1.54, 1.807) is 7.11 Å². The van der Waals surface area contributed by atoms with Gasteiger partial charge in [-0.15, -0.1) is 0 Å². The lowest BCUT2D eigenvalue weighted by Gasteiger charge is -2.15. The first kappa shape index (κ1) is 15.0. The fourth-order valence-electron chi connectivity index (χ4n) is 2.23. The Morgan fingerprint density at radius 1 is 1.30 bits per heavy atom. The van der Waals surface area contributed by atoms with E-state index in [1.165, 1.54) is 0 Å². The monoisotopic (exact) mass is 277 g/mol. The van der Waals surface area contributed by atoms with Crippen LogP contribution in [0.25, 0.3) is 11.0 Å². The van der Waals surface area contributed by atoms with Gasteiger partial charge in [-0.2, -0.15) is 0 Å². The maximum Gasteiger partial charge on any atom is 0.137 e. The fourth-order valence-corrected chi connectivity index (χ4v) is 2.23. The van der Waals surface area contributed by atoms with E-state index >= 15 is 0 Å². The number of fused-ring (bicyclic) bond motifs is 1. The number of hydrogen-bond acceptors (Lipinski definition) is 4. The molecule has 0 bridgehead atoms. The van der Waals surface area contributed by atoms with Gasteiger partial charge in [0.25, 0.3) is 0 Å². The minimum absolute atomic E-state index is 0.0728. The summed E-state index contributed by atoms with van der Waals surface area (Å²) in [4.78, 5) is 0. The number of likely N-dealkylation sites (N-methyl/N-ethyl adjacent to an activating group) is 1. The summed E-state index contributed by atoms with van der Waals surface area (Å²) in [5, 5.41) is 4.54. The number of methoxy groups -OCH3 is 1. The van der Waals surface area contributed by atoms with Crippen molar-refractivity contribution >= 4 is 11.0 Å². The first-order valence-electron chi connectivity index (χ1n) is 7.05. The molecule has 1 unspecified atom stereocenters. The Labute approximate surface area is 120 Å². The fraction of sp³-hybridized carbons (Fsp3) is 0.500. The number of para-hydroxylation sites is 1. The van der Waals surface area contributed by atoms with E-state index in [4.69, 9.17) is 13.9 Å². The van der Waals surface area contributed by atoms with Gasteiger partial charge < -0.3 is 19.2 Å². The van der Waals surface area contributed by atoms with Crippen LogP contribution in [0.5, 0.6) is 0 Å². The third-order valence-corrected chi connectivity index (χ3v) is 3.27. The van der Waals surface area contributed by atoms with Gasteiger partial charge in [0.1, 0.15) is 11.3 Å². The molecule has 20 heavy (non-hydrogen) atoms. The van der Waals surface area contributed by atoms with Gasteiger partial charge in [-0.1, -0.05) is 25.1 Å². The molecule has 110 valence electrons. The van der Waals surface area contributed by atoms with Crippen LogP contribution in [-0.2, 0) is 9.47 Å². The van der Waals surface area contributed by atoms with Crippen molar-refractivity contribution in [2.75, 3.05) is 33.5 Å². The topological polar surface area (TPSA) is 43.6 Å².